The molecule has 0 aliphatic heterocycles. The molecule has 0 fully saturated rings. The summed E-state index contributed by atoms with van der Waals surface area (Å²) in [5.74, 6) is 0.334. The van der Waals surface area contributed by atoms with E-state index in [0.717, 1.165) is 3.57 Å². The molecule has 3 aromatic rings. The largest absolute Gasteiger partial charge is 0.493 e. The Kier molecular flexibility index (Phi) is 7.21. The van der Waals surface area contributed by atoms with Gasteiger partial charge in [0.2, 0.25) is 0 Å². The number of nitrogens with one attached hydrogen (secondary N) is 2. The van der Waals surface area contributed by atoms with Crippen molar-refractivity contribution in [1.82, 2.24) is 30.6 Å². The smallest absolute Gasteiger partial charge is 0.316 e. The van der Waals surface area contributed by atoms with Crippen LogP contribution in [-0.2, 0) is 6.54 Å². The van der Waals surface area contributed by atoms with E-state index in [1.807, 2.05) is 6.20 Å². The van der Waals surface area contributed by atoms with E-state index in [9.17, 15) is 9.59 Å². The molecule has 0 aliphatic carbocycles. The van der Waals surface area contributed by atoms with Gasteiger partial charge in [-0.2, -0.15) is 10.1 Å². The Morgan fingerprint density at radius 3 is 2.53 bits per heavy atom. The predicted octanol–water partition coefficient (Wildman–Crippen LogP) is 1.10. The number of methoxy groups -OCH3 is 2. The molecule has 0 unspecified atom stereocenters. The van der Waals surface area contributed by atoms with Gasteiger partial charge < -0.3 is 24.6 Å². The molecular formula is C18H19IN6O5. The fourth-order valence-electron chi connectivity index (χ4n) is 2.49. The molecule has 0 aliphatic rings. The number of rotatable bonds is 9. The molecule has 12 heteroatoms. The van der Waals surface area contributed by atoms with Crippen LogP contribution in [0.4, 0.5) is 0 Å². The number of aromatic nitrogens is 4. The van der Waals surface area contributed by atoms with E-state index in [-0.39, 0.29) is 24.9 Å². The lowest BCUT2D eigenvalue weighted by Crippen LogP contribution is -2.34. The van der Waals surface area contributed by atoms with Crippen LogP contribution in [-0.4, -0.2) is 59.0 Å². The van der Waals surface area contributed by atoms with Crippen LogP contribution in [0.25, 0.3) is 0 Å². The first-order valence-electron chi connectivity index (χ1n) is 8.79. The van der Waals surface area contributed by atoms with E-state index in [1.165, 1.54) is 14.2 Å². The summed E-state index contributed by atoms with van der Waals surface area (Å²) in [6, 6.07) is 4.84. The fraction of sp³-hybridized carbons (Fsp3) is 0.278. The molecule has 3 rings (SSSR count). The molecule has 30 heavy (non-hydrogen) atoms. The number of amides is 2. The van der Waals surface area contributed by atoms with Crippen LogP contribution in [0.15, 0.2) is 35.1 Å². The van der Waals surface area contributed by atoms with Gasteiger partial charge in [0.25, 0.3) is 5.91 Å². The van der Waals surface area contributed by atoms with Crippen LogP contribution in [0.5, 0.6) is 11.5 Å². The van der Waals surface area contributed by atoms with E-state index in [0.29, 0.717) is 29.4 Å². The van der Waals surface area contributed by atoms with Gasteiger partial charge in [0.05, 0.1) is 24.0 Å². The molecule has 2 amide bonds. The summed E-state index contributed by atoms with van der Waals surface area (Å²) < 4.78 is 17.9. The number of benzene rings is 1. The molecule has 11 nitrogen and oxygen atoms in total. The van der Waals surface area contributed by atoms with Crippen LogP contribution in [0.2, 0.25) is 0 Å². The molecule has 0 spiro atoms. The first kappa shape index (κ1) is 21.5. The monoisotopic (exact) mass is 526 g/mol. The summed E-state index contributed by atoms with van der Waals surface area (Å²) in [6.07, 6.45) is 3.52. The third kappa shape index (κ3) is 5.46. The Morgan fingerprint density at radius 2 is 1.87 bits per heavy atom. The second-order valence-electron chi connectivity index (χ2n) is 5.95. The number of halogens is 1. The Bertz CT molecular complexity index is 1030. The van der Waals surface area contributed by atoms with Crippen LogP contribution >= 0.6 is 22.6 Å². The van der Waals surface area contributed by atoms with Gasteiger partial charge in [-0.25, -0.2) is 0 Å². The van der Waals surface area contributed by atoms with E-state index in [4.69, 9.17) is 14.0 Å². The SMILES string of the molecule is COc1ccc(C(=O)NCCNC(=O)c2nc(Cn3cc(I)cn3)no2)cc1OC. The maximum absolute atomic E-state index is 12.2. The highest BCUT2D eigenvalue weighted by Gasteiger charge is 2.16. The fourth-order valence-corrected chi connectivity index (χ4v) is 2.93. The highest BCUT2D eigenvalue weighted by Crippen LogP contribution is 2.27. The maximum Gasteiger partial charge on any atom is 0.316 e. The van der Waals surface area contributed by atoms with Gasteiger partial charge in [0.1, 0.15) is 6.54 Å². The Balaban J connectivity index is 1.45. The van der Waals surface area contributed by atoms with Crippen LogP contribution in [0.3, 0.4) is 0 Å². The average molecular weight is 526 g/mol. The standard InChI is InChI=1S/C18H19IN6O5/c1-28-13-4-3-11(7-14(13)29-2)16(26)20-5-6-21-17(27)18-23-15(24-30-18)10-25-9-12(19)8-22-25/h3-4,7-9H,5-6,10H2,1-2H3,(H,20,26)(H,21,27). The van der Waals surface area contributed by atoms with Crippen molar-refractivity contribution < 1.29 is 23.6 Å². The summed E-state index contributed by atoms with van der Waals surface area (Å²) in [7, 11) is 3.01. The maximum atomic E-state index is 12.2. The van der Waals surface area contributed by atoms with Crippen molar-refractivity contribution >= 4 is 34.4 Å². The van der Waals surface area contributed by atoms with E-state index < -0.39 is 5.91 Å². The van der Waals surface area contributed by atoms with Crippen molar-refractivity contribution in [1.29, 1.82) is 0 Å². The van der Waals surface area contributed by atoms with Crippen molar-refractivity contribution in [2.75, 3.05) is 27.3 Å². The van der Waals surface area contributed by atoms with E-state index >= 15 is 0 Å². The van der Waals surface area contributed by atoms with Crippen molar-refractivity contribution in [2.45, 2.75) is 6.54 Å². The minimum absolute atomic E-state index is 0.155. The van der Waals surface area contributed by atoms with Crippen molar-refractivity contribution in [3.05, 3.63) is 51.4 Å². The van der Waals surface area contributed by atoms with Crippen LogP contribution in [0.1, 0.15) is 26.9 Å². The number of ether oxygens (including phenoxy) is 2. The average Bonchev–Trinajstić information content (AvgIpc) is 3.39. The molecule has 0 saturated carbocycles. The van der Waals surface area contributed by atoms with Crippen molar-refractivity contribution in [3.8, 4) is 11.5 Å². The van der Waals surface area contributed by atoms with Crippen LogP contribution in [0, 0.1) is 3.57 Å². The van der Waals surface area contributed by atoms with Crippen molar-refractivity contribution in [3.63, 3.8) is 0 Å². The number of nitrogens with zero attached hydrogens (tertiary/aromatic N) is 4. The number of carbonyl (C=O) groups is 2. The molecule has 158 valence electrons. The van der Waals surface area contributed by atoms with Gasteiger partial charge in [0, 0.05) is 24.8 Å². The normalized spacial score (nSPS) is 10.5. The topological polar surface area (TPSA) is 133 Å². The number of hydrogen-bond acceptors (Lipinski definition) is 8. The van der Waals surface area contributed by atoms with Gasteiger partial charge in [0.15, 0.2) is 17.3 Å². The van der Waals surface area contributed by atoms with Gasteiger partial charge in [-0.05, 0) is 40.8 Å². The Hall–Kier alpha value is -3.16. The van der Waals surface area contributed by atoms with Gasteiger partial charge in [-0.1, -0.05) is 5.16 Å². The highest BCUT2D eigenvalue weighted by atomic mass is 127. The lowest BCUT2D eigenvalue weighted by atomic mass is 10.2. The third-order valence-electron chi connectivity index (χ3n) is 3.91. The first-order chi connectivity index (χ1) is 14.5. The Labute approximate surface area is 185 Å². The quantitative estimate of drug-likeness (QED) is 0.313. The number of hydrogen-bond donors (Lipinski definition) is 2. The first-order valence-corrected chi connectivity index (χ1v) is 9.87. The summed E-state index contributed by atoms with van der Waals surface area (Å²) in [6.45, 7) is 0.694. The molecule has 2 heterocycles. The highest BCUT2D eigenvalue weighted by molar-refractivity contribution is 14.1. The van der Waals surface area contributed by atoms with E-state index in [2.05, 4.69) is 48.5 Å². The summed E-state index contributed by atoms with van der Waals surface area (Å²) in [4.78, 5) is 28.4. The minimum Gasteiger partial charge on any atom is -0.493 e. The van der Waals surface area contributed by atoms with Gasteiger partial charge >= 0.3 is 11.8 Å². The third-order valence-corrected chi connectivity index (χ3v) is 4.47. The molecule has 1 aromatic carbocycles. The summed E-state index contributed by atoms with van der Waals surface area (Å²) in [5, 5.41) is 13.2. The molecule has 0 radical (unpaired) electrons. The zero-order chi connectivity index (χ0) is 21.5. The second kappa shape index (κ2) is 10.0. The Morgan fingerprint density at radius 1 is 1.13 bits per heavy atom. The molecule has 2 N–H and O–H groups in total. The summed E-state index contributed by atoms with van der Waals surface area (Å²) in [5.41, 5.74) is 0.411. The summed E-state index contributed by atoms with van der Waals surface area (Å²) >= 11 is 2.14. The van der Waals surface area contributed by atoms with Gasteiger partial charge in [-0.3, -0.25) is 14.3 Å². The van der Waals surface area contributed by atoms with Crippen molar-refractivity contribution in [2.24, 2.45) is 0 Å². The second-order valence-corrected chi connectivity index (χ2v) is 7.20. The van der Waals surface area contributed by atoms with Gasteiger partial charge in [-0.15, -0.1) is 0 Å². The molecular weight excluding hydrogens is 507 g/mol. The minimum atomic E-state index is -0.524. The molecule has 0 saturated heterocycles. The zero-order valence-corrected chi connectivity index (χ0v) is 18.4. The van der Waals surface area contributed by atoms with Crippen LogP contribution < -0.4 is 20.1 Å². The number of carbonyl (C=O) groups excluding carboxylic acids is 2. The van der Waals surface area contributed by atoms with E-state index in [1.54, 1.807) is 29.1 Å². The molecule has 2 aromatic heterocycles. The zero-order valence-electron chi connectivity index (χ0n) is 16.2. The lowest BCUT2D eigenvalue weighted by molar-refractivity contribution is 0.0898. The predicted molar refractivity (Wildman–Crippen MR) is 113 cm³/mol. The molecule has 0 atom stereocenters. The molecule has 0 bridgehead atoms. The lowest BCUT2D eigenvalue weighted by Gasteiger charge is -2.10.